The van der Waals surface area contributed by atoms with Crippen LogP contribution in [0, 0.1) is 5.92 Å². The standard InChI is InChI=1S/C12H16N4S/c1-9(2)8-17-12-15-14-11(16(12)13)10-6-4-3-5-7-10/h3-7,9H,8,13H2,1-2H3. The van der Waals surface area contributed by atoms with Gasteiger partial charge in [0.05, 0.1) is 0 Å². The van der Waals surface area contributed by atoms with Crippen molar-refractivity contribution in [3.05, 3.63) is 30.3 Å². The average Bonchev–Trinajstić information content (AvgIpc) is 2.69. The van der Waals surface area contributed by atoms with Crippen molar-refractivity contribution in [1.29, 1.82) is 0 Å². The van der Waals surface area contributed by atoms with Crippen LogP contribution in [0.3, 0.4) is 0 Å². The van der Waals surface area contributed by atoms with Crippen molar-refractivity contribution in [1.82, 2.24) is 14.9 Å². The van der Waals surface area contributed by atoms with Crippen LogP contribution in [0.5, 0.6) is 0 Å². The van der Waals surface area contributed by atoms with Crippen molar-refractivity contribution in [2.75, 3.05) is 11.6 Å². The van der Waals surface area contributed by atoms with E-state index in [-0.39, 0.29) is 0 Å². The largest absolute Gasteiger partial charge is 0.335 e. The number of thioether (sulfide) groups is 1. The Balaban J connectivity index is 2.21. The number of aromatic nitrogens is 3. The lowest BCUT2D eigenvalue weighted by atomic mass is 10.2. The van der Waals surface area contributed by atoms with Crippen LogP contribution in [-0.2, 0) is 0 Å². The fraction of sp³-hybridized carbons (Fsp3) is 0.333. The molecule has 17 heavy (non-hydrogen) atoms. The Morgan fingerprint density at radius 2 is 1.94 bits per heavy atom. The number of benzene rings is 1. The molecule has 1 aromatic carbocycles. The first-order valence-electron chi connectivity index (χ1n) is 5.57. The third kappa shape index (κ3) is 2.79. The van der Waals surface area contributed by atoms with Crippen molar-refractivity contribution in [3.8, 4) is 11.4 Å². The van der Waals surface area contributed by atoms with Gasteiger partial charge in [0.15, 0.2) is 5.82 Å². The van der Waals surface area contributed by atoms with Crippen molar-refractivity contribution in [2.24, 2.45) is 5.92 Å². The van der Waals surface area contributed by atoms with Crippen molar-refractivity contribution in [3.63, 3.8) is 0 Å². The monoisotopic (exact) mass is 248 g/mol. The van der Waals surface area contributed by atoms with Gasteiger partial charge in [0, 0.05) is 11.3 Å². The van der Waals surface area contributed by atoms with Crippen LogP contribution in [0.1, 0.15) is 13.8 Å². The Bertz CT molecular complexity index is 479. The molecule has 0 saturated heterocycles. The molecule has 0 atom stereocenters. The van der Waals surface area contributed by atoms with Gasteiger partial charge in [-0.05, 0) is 5.92 Å². The third-order valence-corrected chi connectivity index (χ3v) is 3.61. The van der Waals surface area contributed by atoms with Crippen molar-refractivity contribution in [2.45, 2.75) is 19.0 Å². The molecule has 4 nitrogen and oxygen atoms in total. The van der Waals surface area contributed by atoms with Gasteiger partial charge >= 0.3 is 0 Å². The van der Waals surface area contributed by atoms with Gasteiger partial charge in [-0.2, -0.15) is 0 Å². The second-order valence-electron chi connectivity index (χ2n) is 4.25. The number of nitrogens with two attached hydrogens (primary N) is 1. The molecule has 0 radical (unpaired) electrons. The molecule has 0 spiro atoms. The van der Waals surface area contributed by atoms with E-state index in [2.05, 4.69) is 24.0 Å². The first kappa shape index (κ1) is 12.0. The van der Waals surface area contributed by atoms with Crippen LogP contribution in [0.25, 0.3) is 11.4 Å². The summed E-state index contributed by atoms with van der Waals surface area (Å²) in [7, 11) is 0. The molecule has 0 bridgehead atoms. The summed E-state index contributed by atoms with van der Waals surface area (Å²) in [5, 5.41) is 9.01. The fourth-order valence-electron chi connectivity index (χ4n) is 1.40. The van der Waals surface area contributed by atoms with E-state index >= 15 is 0 Å². The van der Waals surface area contributed by atoms with Gasteiger partial charge in [-0.1, -0.05) is 55.9 Å². The molecule has 0 fully saturated rings. The zero-order chi connectivity index (χ0) is 12.3. The van der Waals surface area contributed by atoms with Crippen LogP contribution in [0.15, 0.2) is 35.5 Å². The highest BCUT2D eigenvalue weighted by molar-refractivity contribution is 7.99. The molecule has 0 saturated carbocycles. The highest BCUT2D eigenvalue weighted by Gasteiger charge is 2.11. The zero-order valence-electron chi connectivity index (χ0n) is 10.00. The van der Waals surface area contributed by atoms with Gasteiger partial charge in [-0.3, -0.25) is 0 Å². The molecule has 5 heteroatoms. The lowest BCUT2D eigenvalue weighted by Crippen LogP contribution is -2.12. The summed E-state index contributed by atoms with van der Waals surface area (Å²) in [5.74, 6) is 8.30. The van der Waals surface area contributed by atoms with Crippen LogP contribution in [0.4, 0.5) is 0 Å². The van der Waals surface area contributed by atoms with E-state index in [0.717, 1.165) is 16.5 Å². The topological polar surface area (TPSA) is 56.7 Å². The third-order valence-electron chi connectivity index (χ3n) is 2.24. The van der Waals surface area contributed by atoms with E-state index in [4.69, 9.17) is 5.84 Å². The maximum Gasteiger partial charge on any atom is 0.210 e. The van der Waals surface area contributed by atoms with Crippen LogP contribution < -0.4 is 5.84 Å². The van der Waals surface area contributed by atoms with E-state index in [1.165, 1.54) is 0 Å². The molecule has 0 amide bonds. The molecule has 0 aliphatic heterocycles. The fourth-order valence-corrected chi connectivity index (χ4v) is 2.21. The smallest absolute Gasteiger partial charge is 0.210 e. The van der Waals surface area contributed by atoms with Crippen molar-refractivity contribution < 1.29 is 0 Å². The first-order valence-corrected chi connectivity index (χ1v) is 6.55. The summed E-state index contributed by atoms with van der Waals surface area (Å²) in [5.41, 5.74) is 0.985. The lowest BCUT2D eigenvalue weighted by molar-refractivity contribution is 0.744. The van der Waals surface area contributed by atoms with E-state index in [1.807, 2.05) is 30.3 Å². The van der Waals surface area contributed by atoms with Gasteiger partial charge in [0.25, 0.3) is 0 Å². The molecule has 2 rings (SSSR count). The van der Waals surface area contributed by atoms with E-state index in [0.29, 0.717) is 11.7 Å². The van der Waals surface area contributed by atoms with Crippen LogP contribution >= 0.6 is 11.8 Å². The van der Waals surface area contributed by atoms with Crippen LogP contribution in [0.2, 0.25) is 0 Å². The number of hydrogen-bond donors (Lipinski definition) is 1. The Kier molecular flexibility index (Phi) is 3.68. The molecule has 90 valence electrons. The van der Waals surface area contributed by atoms with E-state index in [9.17, 15) is 0 Å². The van der Waals surface area contributed by atoms with Gasteiger partial charge in [-0.25, -0.2) is 4.68 Å². The van der Waals surface area contributed by atoms with Gasteiger partial charge in [-0.15, -0.1) is 10.2 Å². The molecule has 2 aromatic rings. The molecule has 2 N–H and O–H groups in total. The minimum absolute atomic E-state index is 0.608. The number of hydrogen-bond acceptors (Lipinski definition) is 4. The van der Waals surface area contributed by atoms with Crippen molar-refractivity contribution >= 4 is 11.8 Å². The molecule has 1 heterocycles. The minimum Gasteiger partial charge on any atom is -0.335 e. The quantitative estimate of drug-likeness (QED) is 0.667. The van der Waals surface area contributed by atoms with E-state index in [1.54, 1.807) is 16.4 Å². The zero-order valence-corrected chi connectivity index (χ0v) is 10.8. The Morgan fingerprint density at radius 3 is 2.59 bits per heavy atom. The molecular weight excluding hydrogens is 232 g/mol. The number of rotatable bonds is 4. The Labute approximate surface area is 105 Å². The molecule has 0 aliphatic rings. The molecule has 0 unspecified atom stereocenters. The lowest BCUT2D eigenvalue weighted by Gasteiger charge is -2.04. The number of nitrogen functional groups attached to an aromatic ring is 1. The summed E-state index contributed by atoms with van der Waals surface area (Å²) < 4.78 is 1.56. The summed E-state index contributed by atoms with van der Waals surface area (Å²) in [6.07, 6.45) is 0. The maximum atomic E-state index is 5.99. The predicted molar refractivity (Wildman–Crippen MR) is 71.2 cm³/mol. The molecular formula is C12H16N4S. The van der Waals surface area contributed by atoms with Gasteiger partial charge in [0.2, 0.25) is 5.16 Å². The second-order valence-corrected chi connectivity index (χ2v) is 5.23. The van der Waals surface area contributed by atoms with Crippen LogP contribution in [-0.4, -0.2) is 20.6 Å². The SMILES string of the molecule is CC(C)CSc1nnc(-c2ccccc2)n1N. The maximum absolute atomic E-state index is 5.99. The normalized spacial score (nSPS) is 11.0. The summed E-state index contributed by atoms with van der Waals surface area (Å²) >= 11 is 1.63. The second kappa shape index (κ2) is 5.23. The van der Waals surface area contributed by atoms with Gasteiger partial charge in [0.1, 0.15) is 0 Å². The van der Waals surface area contributed by atoms with E-state index < -0.39 is 0 Å². The predicted octanol–water partition coefficient (Wildman–Crippen LogP) is 2.41. The number of nitrogens with zero attached hydrogens (tertiary/aromatic N) is 3. The van der Waals surface area contributed by atoms with Gasteiger partial charge < -0.3 is 5.84 Å². The summed E-state index contributed by atoms with van der Waals surface area (Å²) in [6.45, 7) is 4.34. The molecule has 1 aromatic heterocycles. The summed E-state index contributed by atoms with van der Waals surface area (Å²) in [4.78, 5) is 0. The highest BCUT2D eigenvalue weighted by atomic mass is 32.2. The Hall–Kier alpha value is -1.49. The average molecular weight is 248 g/mol. The summed E-state index contributed by atoms with van der Waals surface area (Å²) in [6, 6.07) is 9.85. The first-order chi connectivity index (χ1) is 8.18. The Morgan fingerprint density at radius 1 is 1.24 bits per heavy atom. The minimum atomic E-state index is 0.608. The molecule has 0 aliphatic carbocycles. The highest BCUT2D eigenvalue weighted by Crippen LogP contribution is 2.22.